The Hall–Kier alpha value is -4.42. The Balaban J connectivity index is 1.07. The highest BCUT2D eigenvalue weighted by atomic mass is 35.5. The van der Waals surface area contributed by atoms with Crippen LogP contribution < -0.4 is 14.5 Å². The van der Waals surface area contributed by atoms with Crippen LogP contribution in [0.25, 0.3) is 22.2 Å². The summed E-state index contributed by atoms with van der Waals surface area (Å²) in [6.07, 6.45) is 0. The highest BCUT2D eigenvalue weighted by Crippen LogP contribution is 2.32. The number of hydrogen-bond acceptors (Lipinski definition) is 8. The number of carbonyl (C=O) groups excluding carboxylic acids is 1. The number of fused-ring (bicyclic) bond motifs is 1. The van der Waals surface area contributed by atoms with E-state index in [4.69, 9.17) is 37.9 Å². The van der Waals surface area contributed by atoms with Crippen molar-refractivity contribution in [3.63, 3.8) is 0 Å². The van der Waals surface area contributed by atoms with Gasteiger partial charge in [-0.3, -0.25) is 4.79 Å². The van der Waals surface area contributed by atoms with Crippen molar-refractivity contribution in [2.75, 3.05) is 69.3 Å². The predicted molar refractivity (Wildman–Crippen MR) is 194 cm³/mol. The summed E-state index contributed by atoms with van der Waals surface area (Å²) in [6, 6.07) is 27.6. The van der Waals surface area contributed by atoms with Crippen molar-refractivity contribution < 1.29 is 17.9 Å². The van der Waals surface area contributed by atoms with Crippen molar-refractivity contribution in [3.05, 3.63) is 107 Å². The summed E-state index contributed by atoms with van der Waals surface area (Å²) in [6.45, 7) is 3.44. The Morgan fingerprint density at radius 3 is 2.16 bits per heavy atom. The van der Waals surface area contributed by atoms with Gasteiger partial charge in [0, 0.05) is 84.6 Å². The van der Waals surface area contributed by atoms with Crippen molar-refractivity contribution in [1.82, 2.24) is 19.2 Å². The van der Waals surface area contributed by atoms with Crippen molar-refractivity contribution in [1.29, 1.82) is 0 Å². The molecule has 2 aliphatic heterocycles. The van der Waals surface area contributed by atoms with Gasteiger partial charge in [0.15, 0.2) is 0 Å². The second kappa shape index (κ2) is 13.8. The molecule has 2 aliphatic rings. The zero-order valence-corrected chi connectivity index (χ0v) is 29.1. The van der Waals surface area contributed by atoms with Gasteiger partial charge in [-0.1, -0.05) is 59.6 Å². The number of ether oxygens (including phenoxy) is 1. The molecule has 0 bridgehead atoms. The molecule has 0 atom stereocenters. The lowest BCUT2D eigenvalue weighted by molar-refractivity contribution is 0.0746. The van der Waals surface area contributed by atoms with Crippen molar-refractivity contribution in [2.45, 2.75) is 4.90 Å². The van der Waals surface area contributed by atoms with Gasteiger partial charge >= 0.3 is 0 Å². The van der Waals surface area contributed by atoms with Gasteiger partial charge in [0.1, 0.15) is 10.6 Å². The van der Waals surface area contributed by atoms with Crippen LogP contribution in [0.5, 0.6) is 5.75 Å². The largest absolute Gasteiger partial charge is 0.495 e. The fraction of sp³-hybridized carbons (Fsp3) is 0.250. The lowest BCUT2D eigenvalue weighted by Gasteiger charge is -2.36. The van der Waals surface area contributed by atoms with E-state index in [0.717, 1.165) is 27.8 Å². The molecule has 0 N–H and O–H groups in total. The Bertz CT molecular complexity index is 2120. The average molecular weight is 718 g/mol. The van der Waals surface area contributed by atoms with Crippen LogP contribution in [0, 0.1) is 0 Å². The fourth-order valence-electron chi connectivity index (χ4n) is 6.35. The first-order valence-corrected chi connectivity index (χ1v) is 18.2. The molecule has 1 amide bonds. The van der Waals surface area contributed by atoms with E-state index in [1.54, 1.807) is 17.0 Å². The lowest BCUT2D eigenvalue weighted by Crippen LogP contribution is -2.49. The summed E-state index contributed by atoms with van der Waals surface area (Å²) in [7, 11) is -2.52. The van der Waals surface area contributed by atoms with Gasteiger partial charge < -0.3 is 19.4 Å². The van der Waals surface area contributed by atoms with E-state index in [2.05, 4.69) is 9.80 Å². The summed E-state index contributed by atoms with van der Waals surface area (Å²) >= 11 is 12.5. The molecule has 2 saturated heterocycles. The van der Waals surface area contributed by atoms with Crippen LogP contribution in [0.4, 0.5) is 11.6 Å². The zero-order chi connectivity index (χ0) is 34.1. The molecule has 13 heteroatoms. The molecular weight excluding hydrogens is 683 g/mol. The second-order valence-corrected chi connectivity index (χ2v) is 14.7. The van der Waals surface area contributed by atoms with E-state index < -0.39 is 10.0 Å². The number of nitrogens with zero attached hydrogens (tertiary/aromatic N) is 6. The zero-order valence-electron chi connectivity index (χ0n) is 26.8. The van der Waals surface area contributed by atoms with Crippen molar-refractivity contribution >= 4 is 61.7 Å². The summed E-state index contributed by atoms with van der Waals surface area (Å²) in [5, 5.41) is 2.11. The molecule has 3 heterocycles. The lowest BCUT2D eigenvalue weighted by atomic mass is 10.1. The summed E-state index contributed by atoms with van der Waals surface area (Å²) in [5.74, 6) is 0.528. The molecule has 49 heavy (non-hydrogen) atoms. The molecule has 0 aliphatic carbocycles. The maximum atomic E-state index is 13.9. The summed E-state index contributed by atoms with van der Waals surface area (Å²) in [4.78, 5) is 29.4. The number of benzene rings is 4. The molecule has 0 spiro atoms. The van der Waals surface area contributed by atoms with Gasteiger partial charge in [0.05, 0.1) is 18.3 Å². The number of anilines is 2. The number of halogens is 2. The molecule has 10 nitrogen and oxygen atoms in total. The number of amides is 1. The van der Waals surface area contributed by atoms with E-state index >= 15 is 0 Å². The van der Waals surface area contributed by atoms with Crippen LogP contribution >= 0.6 is 23.2 Å². The smallest absolute Gasteiger partial charge is 0.254 e. The van der Waals surface area contributed by atoms with Gasteiger partial charge in [-0.25, -0.2) is 18.4 Å². The third-order valence-electron chi connectivity index (χ3n) is 8.98. The second-order valence-electron chi connectivity index (χ2n) is 11.9. The molecule has 2 fully saturated rings. The van der Waals surface area contributed by atoms with Gasteiger partial charge in [-0.15, -0.1) is 0 Å². The van der Waals surface area contributed by atoms with E-state index in [1.165, 1.54) is 17.5 Å². The highest BCUT2D eigenvalue weighted by Gasteiger charge is 2.33. The molecular formula is C36H34Cl2N6O4S. The quantitative estimate of drug-likeness (QED) is 0.200. The monoisotopic (exact) mass is 716 g/mol. The van der Waals surface area contributed by atoms with E-state index in [0.29, 0.717) is 55.3 Å². The number of piperazine rings is 2. The van der Waals surface area contributed by atoms with Crippen LogP contribution in [0.2, 0.25) is 10.0 Å². The van der Waals surface area contributed by atoms with Gasteiger partial charge in [0.2, 0.25) is 16.0 Å². The van der Waals surface area contributed by atoms with Crippen molar-refractivity contribution in [3.8, 4) is 17.0 Å². The minimum absolute atomic E-state index is 0.0196. The minimum atomic E-state index is -3.95. The van der Waals surface area contributed by atoms with E-state index in [1.807, 2.05) is 72.8 Å². The Labute approximate surface area is 295 Å². The first-order valence-electron chi connectivity index (χ1n) is 16.0. The van der Waals surface area contributed by atoms with Crippen LogP contribution in [0.3, 0.4) is 0 Å². The normalized spacial score (nSPS) is 15.9. The first kappa shape index (κ1) is 33.1. The maximum Gasteiger partial charge on any atom is 0.254 e. The van der Waals surface area contributed by atoms with Crippen LogP contribution in [-0.2, 0) is 10.0 Å². The molecule has 7 rings (SSSR count). The molecule has 0 unspecified atom stereocenters. The summed E-state index contributed by atoms with van der Waals surface area (Å²) in [5.41, 5.74) is 3.77. The number of rotatable bonds is 7. The van der Waals surface area contributed by atoms with Crippen LogP contribution in [0.1, 0.15) is 10.4 Å². The Kier molecular flexibility index (Phi) is 9.34. The molecule has 5 aromatic rings. The summed E-state index contributed by atoms with van der Waals surface area (Å²) < 4.78 is 34.7. The molecule has 252 valence electrons. The minimum Gasteiger partial charge on any atom is -0.495 e. The SMILES string of the molecule is COc1ccc(C(=O)N2CCN(c3nc(-c4ccccc4)c4cc(Cl)ccc4n3)CC2)cc1S(=O)(=O)N1CCN(c2cccc(Cl)c2)CC1. The number of sulfonamides is 1. The van der Waals surface area contributed by atoms with Crippen LogP contribution in [0.15, 0.2) is 95.9 Å². The standard InChI is InChI=1S/C36H34Cl2N6O4S/c1-48-32-13-10-26(22-33(32)49(46,47)44-20-18-41(19-21-44)29-9-5-8-27(37)23-29)35(45)42-14-16-43(17-15-42)36-39-31-12-11-28(38)24-30(31)34(40-36)25-6-3-2-4-7-25/h2-13,22-24H,14-21H2,1H3. The highest BCUT2D eigenvalue weighted by molar-refractivity contribution is 7.89. The number of carbonyl (C=O) groups is 1. The Morgan fingerprint density at radius 2 is 1.45 bits per heavy atom. The topological polar surface area (TPSA) is 99.2 Å². The maximum absolute atomic E-state index is 13.9. The number of methoxy groups -OCH3 is 1. The van der Waals surface area contributed by atoms with Gasteiger partial charge in [0.25, 0.3) is 5.91 Å². The van der Waals surface area contributed by atoms with Crippen LogP contribution in [-0.4, -0.2) is 93.0 Å². The van der Waals surface area contributed by atoms with Crippen molar-refractivity contribution in [2.24, 2.45) is 0 Å². The third kappa shape index (κ3) is 6.76. The van der Waals surface area contributed by atoms with Gasteiger partial charge in [-0.2, -0.15) is 4.31 Å². The Morgan fingerprint density at radius 1 is 0.735 bits per heavy atom. The molecule has 0 saturated carbocycles. The number of hydrogen-bond donors (Lipinski definition) is 0. The predicted octanol–water partition coefficient (Wildman–Crippen LogP) is 6.09. The number of aromatic nitrogens is 2. The van der Waals surface area contributed by atoms with E-state index in [9.17, 15) is 13.2 Å². The molecule has 4 aromatic carbocycles. The van der Waals surface area contributed by atoms with Gasteiger partial charge in [-0.05, 0) is 54.6 Å². The fourth-order valence-corrected chi connectivity index (χ4v) is 8.31. The third-order valence-corrected chi connectivity index (χ3v) is 11.4. The van der Waals surface area contributed by atoms with E-state index in [-0.39, 0.29) is 35.2 Å². The molecule has 0 radical (unpaired) electrons. The average Bonchev–Trinajstić information content (AvgIpc) is 3.14. The first-order chi connectivity index (χ1) is 23.7. The molecule has 1 aromatic heterocycles.